The van der Waals surface area contributed by atoms with Crippen LogP contribution < -0.4 is 0 Å². The third-order valence-electron chi connectivity index (χ3n) is 3.73. The minimum Gasteiger partial charge on any atom is -0.451 e. The van der Waals surface area contributed by atoms with E-state index in [0.717, 1.165) is 11.3 Å². The maximum Gasteiger partial charge on any atom is 0.289 e. The van der Waals surface area contributed by atoms with E-state index in [0.29, 0.717) is 29.5 Å². The summed E-state index contributed by atoms with van der Waals surface area (Å²) >= 11 is 6.17. The van der Waals surface area contributed by atoms with Crippen LogP contribution in [0, 0.1) is 0 Å². The van der Waals surface area contributed by atoms with Crippen LogP contribution in [-0.2, 0) is 6.42 Å². The van der Waals surface area contributed by atoms with Gasteiger partial charge in [0, 0.05) is 37.5 Å². The quantitative estimate of drug-likeness (QED) is 0.695. The van der Waals surface area contributed by atoms with Crippen LogP contribution in [0.3, 0.4) is 0 Å². The molecule has 0 aliphatic heterocycles. The lowest BCUT2D eigenvalue weighted by molar-refractivity contribution is 0.0766. The molecule has 0 bridgehead atoms. The van der Waals surface area contributed by atoms with Crippen molar-refractivity contribution in [3.05, 3.63) is 77.3 Å². The first kappa shape index (κ1) is 16.3. The fourth-order valence-electron chi connectivity index (χ4n) is 2.38. The number of hydrogen-bond acceptors (Lipinski definition) is 3. The molecule has 0 aliphatic rings. The predicted octanol–water partition coefficient (Wildman–Crippen LogP) is 4.31. The number of furan rings is 1. The molecule has 0 saturated heterocycles. The lowest BCUT2D eigenvalue weighted by Gasteiger charge is -2.15. The largest absolute Gasteiger partial charge is 0.451 e. The van der Waals surface area contributed by atoms with Crippen molar-refractivity contribution < 1.29 is 9.21 Å². The van der Waals surface area contributed by atoms with Crippen molar-refractivity contribution >= 4 is 17.5 Å². The summed E-state index contributed by atoms with van der Waals surface area (Å²) in [6, 6.07) is 16.6. The fourth-order valence-corrected chi connectivity index (χ4v) is 2.61. The summed E-state index contributed by atoms with van der Waals surface area (Å²) < 4.78 is 5.69. The first-order chi connectivity index (χ1) is 11.6. The highest BCUT2D eigenvalue weighted by Crippen LogP contribution is 2.29. The third kappa shape index (κ3) is 3.66. The van der Waals surface area contributed by atoms with E-state index in [2.05, 4.69) is 4.98 Å². The summed E-state index contributed by atoms with van der Waals surface area (Å²) in [6.45, 7) is 0.567. The molecule has 122 valence electrons. The molecule has 0 radical (unpaired) electrons. The molecule has 3 rings (SSSR count). The van der Waals surface area contributed by atoms with E-state index in [1.54, 1.807) is 36.3 Å². The average molecular weight is 341 g/mol. The van der Waals surface area contributed by atoms with Crippen LogP contribution in [0.5, 0.6) is 0 Å². The van der Waals surface area contributed by atoms with E-state index in [1.165, 1.54) is 0 Å². The summed E-state index contributed by atoms with van der Waals surface area (Å²) in [4.78, 5) is 18.4. The predicted molar refractivity (Wildman–Crippen MR) is 94.1 cm³/mol. The Kier molecular flexibility index (Phi) is 4.96. The summed E-state index contributed by atoms with van der Waals surface area (Å²) in [5.41, 5.74) is 1.72. The number of benzene rings is 1. The summed E-state index contributed by atoms with van der Waals surface area (Å²) in [7, 11) is 1.75. The highest BCUT2D eigenvalue weighted by molar-refractivity contribution is 6.33. The number of rotatable bonds is 5. The SMILES string of the molecule is CN(CCc1ccccn1)C(=O)c1ccc(-c2ccccc2Cl)o1. The molecule has 3 aromatic rings. The van der Waals surface area contributed by atoms with E-state index in [1.807, 2.05) is 36.4 Å². The van der Waals surface area contributed by atoms with Gasteiger partial charge in [-0.25, -0.2) is 0 Å². The minimum atomic E-state index is -0.163. The van der Waals surface area contributed by atoms with Crippen molar-refractivity contribution in [1.82, 2.24) is 9.88 Å². The molecule has 1 amide bonds. The normalized spacial score (nSPS) is 10.6. The number of hydrogen-bond donors (Lipinski definition) is 0. The van der Waals surface area contributed by atoms with Gasteiger partial charge in [-0.3, -0.25) is 9.78 Å². The van der Waals surface area contributed by atoms with Crippen molar-refractivity contribution in [2.45, 2.75) is 6.42 Å². The Hall–Kier alpha value is -2.59. The summed E-state index contributed by atoms with van der Waals surface area (Å²) in [5, 5.41) is 0.592. The molecule has 0 saturated carbocycles. The zero-order valence-electron chi connectivity index (χ0n) is 13.3. The van der Waals surface area contributed by atoms with E-state index in [9.17, 15) is 4.79 Å². The third-order valence-corrected chi connectivity index (χ3v) is 4.06. The standard InChI is InChI=1S/C19H17ClN2O2/c1-22(13-11-14-6-4-5-12-21-14)19(23)18-10-9-17(24-18)15-7-2-3-8-16(15)20/h2-10,12H,11,13H2,1H3. The molecular weight excluding hydrogens is 324 g/mol. The first-order valence-corrected chi connectivity index (χ1v) is 8.03. The molecule has 2 aromatic heterocycles. The van der Waals surface area contributed by atoms with Gasteiger partial charge in [-0.15, -0.1) is 0 Å². The second-order valence-electron chi connectivity index (χ2n) is 5.44. The Bertz CT molecular complexity index is 830. The lowest BCUT2D eigenvalue weighted by atomic mass is 10.2. The number of nitrogens with zero attached hydrogens (tertiary/aromatic N) is 2. The maximum absolute atomic E-state index is 12.5. The highest BCUT2D eigenvalue weighted by atomic mass is 35.5. The molecule has 0 aliphatic carbocycles. The molecule has 24 heavy (non-hydrogen) atoms. The number of pyridine rings is 1. The minimum absolute atomic E-state index is 0.163. The molecule has 5 heteroatoms. The highest BCUT2D eigenvalue weighted by Gasteiger charge is 2.17. The van der Waals surface area contributed by atoms with Crippen LogP contribution in [0.2, 0.25) is 5.02 Å². The molecule has 1 aromatic carbocycles. The molecule has 2 heterocycles. The van der Waals surface area contributed by atoms with Crippen LogP contribution in [0.25, 0.3) is 11.3 Å². The van der Waals surface area contributed by atoms with Gasteiger partial charge >= 0.3 is 0 Å². The number of carbonyl (C=O) groups excluding carboxylic acids is 1. The molecule has 0 atom stereocenters. The number of halogens is 1. The summed E-state index contributed by atoms with van der Waals surface area (Å²) in [6.07, 6.45) is 2.45. The maximum atomic E-state index is 12.5. The molecule has 0 unspecified atom stereocenters. The van der Waals surface area contributed by atoms with Crippen molar-refractivity contribution in [2.75, 3.05) is 13.6 Å². The van der Waals surface area contributed by atoms with Gasteiger partial charge in [0.1, 0.15) is 5.76 Å². The van der Waals surface area contributed by atoms with Gasteiger partial charge in [0.2, 0.25) is 0 Å². The van der Waals surface area contributed by atoms with Gasteiger partial charge < -0.3 is 9.32 Å². The van der Waals surface area contributed by atoms with Gasteiger partial charge in [0.15, 0.2) is 5.76 Å². The number of amides is 1. The first-order valence-electron chi connectivity index (χ1n) is 7.65. The molecular formula is C19H17ClN2O2. The molecule has 0 spiro atoms. The van der Waals surface area contributed by atoms with Gasteiger partial charge in [0.25, 0.3) is 5.91 Å². The van der Waals surface area contributed by atoms with Crippen molar-refractivity contribution in [3.8, 4) is 11.3 Å². The molecule has 0 fully saturated rings. The number of aromatic nitrogens is 1. The summed E-state index contributed by atoms with van der Waals surface area (Å²) in [5.74, 6) is 0.722. The molecule has 0 N–H and O–H groups in total. The lowest BCUT2D eigenvalue weighted by Crippen LogP contribution is -2.28. The van der Waals surface area contributed by atoms with E-state index in [-0.39, 0.29) is 5.91 Å². The van der Waals surface area contributed by atoms with Crippen molar-refractivity contribution in [3.63, 3.8) is 0 Å². The second-order valence-corrected chi connectivity index (χ2v) is 5.85. The van der Waals surface area contributed by atoms with Gasteiger partial charge in [-0.05, 0) is 36.4 Å². The van der Waals surface area contributed by atoms with Crippen LogP contribution in [0.4, 0.5) is 0 Å². The Balaban J connectivity index is 1.68. The van der Waals surface area contributed by atoms with E-state index >= 15 is 0 Å². The smallest absolute Gasteiger partial charge is 0.289 e. The zero-order chi connectivity index (χ0) is 16.9. The van der Waals surface area contributed by atoms with Gasteiger partial charge in [0.05, 0.1) is 5.02 Å². The Labute approximate surface area is 145 Å². The Morgan fingerprint density at radius 3 is 2.67 bits per heavy atom. The zero-order valence-corrected chi connectivity index (χ0v) is 14.0. The monoisotopic (exact) mass is 340 g/mol. The second kappa shape index (κ2) is 7.32. The molecule has 4 nitrogen and oxygen atoms in total. The van der Waals surface area contributed by atoms with Crippen LogP contribution in [0.1, 0.15) is 16.2 Å². The number of carbonyl (C=O) groups is 1. The van der Waals surface area contributed by atoms with E-state index < -0.39 is 0 Å². The van der Waals surface area contributed by atoms with Crippen molar-refractivity contribution in [1.29, 1.82) is 0 Å². The van der Waals surface area contributed by atoms with E-state index in [4.69, 9.17) is 16.0 Å². The van der Waals surface area contributed by atoms with Gasteiger partial charge in [-0.1, -0.05) is 29.8 Å². The topological polar surface area (TPSA) is 46.3 Å². The average Bonchev–Trinajstić information content (AvgIpc) is 3.10. The van der Waals surface area contributed by atoms with Crippen LogP contribution in [0.15, 0.2) is 65.2 Å². The number of likely N-dealkylation sites (N-methyl/N-ethyl adjacent to an activating group) is 1. The van der Waals surface area contributed by atoms with Gasteiger partial charge in [-0.2, -0.15) is 0 Å². The fraction of sp³-hybridized carbons (Fsp3) is 0.158. The van der Waals surface area contributed by atoms with Crippen molar-refractivity contribution in [2.24, 2.45) is 0 Å². The van der Waals surface area contributed by atoms with Crippen LogP contribution >= 0.6 is 11.6 Å². The Morgan fingerprint density at radius 1 is 1.12 bits per heavy atom. The Morgan fingerprint density at radius 2 is 1.92 bits per heavy atom. The van der Waals surface area contributed by atoms with Crippen LogP contribution in [-0.4, -0.2) is 29.4 Å².